The summed E-state index contributed by atoms with van der Waals surface area (Å²) in [5, 5.41) is 10.8. The second-order valence-electron chi connectivity index (χ2n) is 5.93. The number of hydrogen-bond acceptors (Lipinski definition) is 4. The van der Waals surface area contributed by atoms with Gasteiger partial charge >= 0.3 is 0 Å². The minimum atomic E-state index is -0.939. The van der Waals surface area contributed by atoms with Crippen LogP contribution in [0.25, 0.3) is 5.69 Å². The molecule has 1 amide bonds. The topological polar surface area (TPSA) is 58.4 Å². The van der Waals surface area contributed by atoms with Crippen LogP contribution < -0.4 is 0 Å². The molecule has 0 aliphatic rings. The Bertz CT molecular complexity index is 662. The highest BCUT2D eigenvalue weighted by Gasteiger charge is 2.26. The Morgan fingerprint density at radius 3 is 2.52 bits per heavy atom. The maximum atomic E-state index is 12.9. The highest BCUT2D eigenvalue weighted by atomic mass is 32.2. The number of para-hydroxylation sites is 1. The molecule has 1 N–H and O–H groups in total. The first-order valence-electron chi connectivity index (χ1n) is 7.56. The van der Waals surface area contributed by atoms with E-state index < -0.39 is 5.60 Å². The molecule has 0 radical (unpaired) electrons. The van der Waals surface area contributed by atoms with E-state index in [2.05, 4.69) is 4.98 Å². The highest BCUT2D eigenvalue weighted by Crippen LogP contribution is 2.23. The molecular weight excluding hydrogens is 310 g/mol. The minimum Gasteiger partial charge on any atom is -0.389 e. The molecule has 0 aliphatic carbocycles. The zero-order chi connectivity index (χ0) is 17.0. The number of amides is 1. The number of carbonyl (C=O) groups is 1. The summed E-state index contributed by atoms with van der Waals surface area (Å²) in [7, 11) is 0. The van der Waals surface area contributed by atoms with E-state index in [0.717, 1.165) is 10.8 Å². The van der Waals surface area contributed by atoms with Crippen LogP contribution in [-0.2, 0) is 0 Å². The fourth-order valence-electron chi connectivity index (χ4n) is 2.41. The van der Waals surface area contributed by atoms with Crippen LogP contribution in [0.3, 0.4) is 0 Å². The molecule has 0 bridgehead atoms. The molecule has 2 rings (SSSR count). The Labute approximate surface area is 141 Å². The molecule has 124 valence electrons. The Morgan fingerprint density at radius 2 is 2.00 bits per heavy atom. The number of rotatable bonds is 6. The number of benzene rings is 1. The third kappa shape index (κ3) is 4.14. The van der Waals surface area contributed by atoms with E-state index in [9.17, 15) is 9.90 Å². The molecule has 23 heavy (non-hydrogen) atoms. The van der Waals surface area contributed by atoms with Gasteiger partial charge in [0.15, 0.2) is 5.16 Å². The fourth-order valence-corrected chi connectivity index (χ4v) is 2.96. The maximum Gasteiger partial charge on any atom is 0.272 e. The van der Waals surface area contributed by atoms with Gasteiger partial charge in [-0.25, -0.2) is 4.98 Å². The molecule has 0 atom stereocenters. The second kappa shape index (κ2) is 7.19. The largest absolute Gasteiger partial charge is 0.389 e. The van der Waals surface area contributed by atoms with Crippen LogP contribution in [0, 0.1) is 0 Å². The smallest absolute Gasteiger partial charge is 0.272 e. The molecule has 1 heterocycles. The molecule has 0 unspecified atom stereocenters. The Kier molecular flexibility index (Phi) is 5.49. The Balaban J connectivity index is 2.43. The van der Waals surface area contributed by atoms with Gasteiger partial charge in [0.05, 0.1) is 11.8 Å². The van der Waals surface area contributed by atoms with Gasteiger partial charge in [-0.1, -0.05) is 30.0 Å². The molecule has 0 fully saturated rings. The SMILES string of the molecule is CCN(CC(C)(C)O)C(=O)c1cnc(SC)n1-c1ccccc1. The fraction of sp³-hybridized carbons (Fsp3) is 0.412. The van der Waals surface area contributed by atoms with Gasteiger partial charge in [0, 0.05) is 18.8 Å². The molecule has 0 saturated carbocycles. The quantitative estimate of drug-likeness (QED) is 0.826. The summed E-state index contributed by atoms with van der Waals surface area (Å²) < 4.78 is 1.86. The predicted molar refractivity (Wildman–Crippen MR) is 93.2 cm³/mol. The van der Waals surface area contributed by atoms with Crippen molar-refractivity contribution in [2.75, 3.05) is 19.3 Å². The van der Waals surface area contributed by atoms with Crippen molar-refractivity contribution in [1.29, 1.82) is 0 Å². The van der Waals surface area contributed by atoms with Crippen LogP contribution in [-0.4, -0.2) is 50.4 Å². The standard InChI is InChI=1S/C17H23N3O2S/c1-5-19(12-17(2,3)22)15(21)14-11-18-16(23-4)20(14)13-9-7-6-8-10-13/h6-11,22H,5,12H2,1-4H3. The van der Waals surface area contributed by atoms with Crippen molar-refractivity contribution in [1.82, 2.24) is 14.5 Å². The number of imidazole rings is 1. The van der Waals surface area contributed by atoms with Gasteiger partial charge in [-0.2, -0.15) is 0 Å². The molecule has 0 spiro atoms. The first-order valence-corrected chi connectivity index (χ1v) is 8.78. The monoisotopic (exact) mass is 333 g/mol. The third-order valence-electron chi connectivity index (χ3n) is 3.39. The molecule has 6 heteroatoms. The number of aromatic nitrogens is 2. The van der Waals surface area contributed by atoms with E-state index in [1.54, 1.807) is 24.9 Å². The molecule has 1 aromatic carbocycles. The van der Waals surface area contributed by atoms with Gasteiger partial charge in [-0.15, -0.1) is 0 Å². The lowest BCUT2D eigenvalue weighted by Crippen LogP contribution is -2.42. The lowest BCUT2D eigenvalue weighted by Gasteiger charge is -2.28. The summed E-state index contributed by atoms with van der Waals surface area (Å²) in [6, 6.07) is 9.70. The number of likely N-dealkylation sites (N-methyl/N-ethyl adjacent to an activating group) is 1. The van der Waals surface area contributed by atoms with Gasteiger partial charge in [0.1, 0.15) is 5.69 Å². The van der Waals surface area contributed by atoms with Crippen molar-refractivity contribution < 1.29 is 9.90 Å². The van der Waals surface area contributed by atoms with E-state index in [-0.39, 0.29) is 12.5 Å². The van der Waals surface area contributed by atoms with Gasteiger partial charge in [-0.3, -0.25) is 9.36 Å². The van der Waals surface area contributed by atoms with Gasteiger partial charge in [0.2, 0.25) is 0 Å². The van der Waals surface area contributed by atoms with Crippen molar-refractivity contribution in [3.63, 3.8) is 0 Å². The van der Waals surface area contributed by atoms with Gasteiger partial charge in [0.25, 0.3) is 5.91 Å². The lowest BCUT2D eigenvalue weighted by molar-refractivity contribution is 0.0310. The average molecular weight is 333 g/mol. The van der Waals surface area contributed by atoms with Crippen LogP contribution in [0.15, 0.2) is 41.7 Å². The van der Waals surface area contributed by atoms with E-state index in [4.69, 9.17) is 0 Å². The number of nitrogens with zero attached hydrogens (tertiary/aromatic N) is 3. The summed E-state index contributed by atoms with van der Waals surface area (Å²) >= 11 is 1.49. The van der Waals surface area contributed by atoms with Crippen LogP contribution in [0.1, 0.15) is 31.3 Å². The molecule has 0 aliphatic heterocycles. The summed E-state index contributed by atoms with van der Waals surface area (Å²) in [5.41, 5.74) is 0.467. The molecule has 2 aromatic rings. The maximum absolute atomic E-state index is 12.9. The van der Waals surface area contributed by atoms with Crippen molar-refractivity contribution in [3.8, 4) is 5.69 Å². The third-order valence-corrected chi connectivity index (χ3v) is 4.05. The normalized spacial score (nSPS) is 11.5. The summed E-state index contributed by atoms with van der Waals surface area (Å²) in [5.74, 6) is -0.133. The average Bonchev–Trinajstić information content (AvgIpc) is 2.95. The Morgan fingerprint density at radius 1 is 1.35 bits per heavy atom. The van der Waals surface area contributed by atoms with Gasteiger partial charge in [-0.05, 0) is 39.2 Å². The van der Waals surface area contributed by atoms with E-state index >= 15 is 0 Å². The van der Waals surface area contributed by atoms with Crippen molar-refractivity contribution >= 4 is 17.7 Å². The van der Waals surface area contributed by atoms with E-state index in [1.165, 1.54) is 11.8 Å². The first kappa shape index (κ1) is 17.6. The van der Waals surface area contributed by atoms with Crippen LogP contribution in [0.4, 0.5) is 0 Å². The number of thioether (sulfide) groups is 1. The molecule has 5 nitrogen and oxygen atoms in total. The number of hydrogen-bond donors (Lipinski definition) is 1. The van der Waals surface area contributed by atoms with Crippen LogP contribution in [0.5, 0.6) is 0 Å². The number of carbonyl (C=O) groups excluding carboxylic acids is 1. The highest BCUT2D eigenvalue weighted by molar-refractivity contribution is 7.98. The van der Waals surface area contributed by atoms with E-state index in [1.807, 2.05) is 48.1 Å². The summed E-state index contributed by atoms with van der Waals surface area (Å²) in [6.07, 6.45) is 3.54. The molecular formula is C17H23N3O2S. The first-order chi connectivity index (χ1) is 10.9. The van der Waals surface area contributed by atoms with Crippen molar-refractivity contribution in [2.45, 2.75) is 31.5 Å². The zero-order valence-corrected chi connectivity index (χ0v) is 14.8. The second-order valence-corrected chi connectivity index (χ2v) is 6.71. The van der Waals surface area contributed by atoms with E-state index in [0.29, 0.717) is 12.2 Å². The molecule has 1 aromatic heterocycles. The summed E-state index contributed by atoms with van der Waals surface area (Å²) in [4.78, 5) is 18.9. The predicted octanol–water partition coefficient (Wildman–Crippen LogP) is 2.83. The van der Waals surface area contributed by atoms with Crippen molar-refractivity contribution in [3.05, 3.63) is 42.2 Å². The Hall–Kier alpha value is -1.79. The molecule has 0 saturated heterocycles. The van der Waals surface area contributed by atoms with Gasteiger partial charge < -0.3 is 10.0 Å². The van der Waals surface area contributed by atoms with Crippen LogP contribution >= 0.6 is 11.8 Å². The summed E-state index contributed by atoms with van der Waals surface area (Å²) in [6.45, 7) is 6.10. The van der Waals surface area contributed by atoms with Crippen LogP contribution in [0.2, 0.25) is 0 Å². The zero-order valence-electron chi connectivity index (χ0n) is 14.0. The number of aliphatic hydroxyl groups is 1. The van der Waals surface area contributed by atoms with Crippen molar-refractivity contribution in [2.24, 2.45) is 0 Å². The minimum absolute atomic E-state index is 0.133. The lowest BCUT2D eigenvalue weighted by atomic mass is 10.1.